The van der Waals surface area contributed by atoms with Gasteiger partial charge in [-0.15, -0.1) is 0 Å². The van der Waals surface area contributed by atoms with E-state index in [-0.39, 0.29) is 57.6 Å². The maximum atomic E-state index is 12.6. The van der Waals surface area contributed by atoms with Crippen molar-refractivity contribution in [2.75, 3.05) is 67.5 Å². The van der Waals surface area contributed by atoms with E-state index < -0.39 is 0 Å². The highest BCUT2D eigenvalue weighted by molar-refractivity contribution is 6.22. The predicted molar refractivity (Wildman–Crippen MR) is 155 cm³/mol. The van der Waals surface area contributed by atoms with Gasteiger partial charge in [0.2, 0.25) is 0 Å². The molecule has 2 aliphatic rings. The van der Waals surface area contributed by atoms with Gasteiger partial charge in [-0.1, -0.05) is 24.3 Å². The topological polar surface area (TPSA) is 74.8 Å². The number of carbonyl (C=O) groups is 4. The molecule has 0 radical (unpaired) electrons. The van der Waals surface area contributed by atoms with Crippen LogP contribution in [0.5, 0.6) is 0 Å². The third-order valence-electron chi connectivity index (χ3n) is 8.32. The summed E-state index contributed by atoms with van der Waals surface area (Å²) >= 11 is 0. The lowest BCUT2D eigenvalue weighted by Gasteiger charge is -2.31. The van der Waals surface area contributed by atoms with Gasteiger partial charge in [0.1, 0.15) is 0 Å². The van der Waals surface area contributed by atoms with Gasteiger partial charge in [0.05, 0.1) is 76.6 Å². The summed E-state index contributed by atoms with van der Waals surface area (Å²) in [6.45, 7) is 4.91. The first kappa shape index (κ1) is 35.8. The van der Waals surface area contributed by atoms with Gasteiger partial charge in [0, 0.05) is 25.9 Å². The fourth-order valence-electron chi connectivity index (χ4n) is 5.85. The van der Waals surface area contributed by atoms with Crippen molar-refractivity contribution in [3.05, 3.63) is 70.8 Å². The molecule has 0 bridgehead atoms. The molecule has 0 aromatic heterocycles. The summed E-state index contributed by atoms with van der Waals surface area (Å²) in [5.74, 6) is -0.682. The molecule has 230 valence electrons. The van der Waals surface area contributed by atoms with Crippen molar-refractivity contribution in [2.24, 2.45) is 0 Å². The Balaban J connectivity index is 0.00000308. The normalized spacial score (nSPS) is 14.6. The molecular formula is C32H44Br2N4O4. The number of carbonyl (C=O) groups excluding carboxylic acids is 4. The Labute approximate surface area is 271 Å². The summed E-state index contributed by atoms with van der Waals surface area (Å²) < 4.78 is 1.76. The van der Waals surface area contributed by atoms with E-state index in [9.17, 15) is 19.2 Å². The Morgan fingerprint density at radius 2 is 0.714 bits per heavy atom. The van der Waals surface area contributed by atoms with Crippen molar-refractivity contribution < 1.29 is 62.1 Å². The summed E-state index contributed by atoms with van der Waals surface area (Å²) in [5.41, 5.74) is 2.08. The number of rotatable bonds is 15. The van der Waals surface area contributed by atoms with Crippen LogP contribution in [0.2, 0.25) is 0 Å². The number of unbranched alkanes of at least 4 members (excludes halogenated alkanes) is 3. The Hall–Kier alpha value is -2.40. The van der Waals surface area contributed by atoms with Crippen molar-refractivity contribution in [3.8, 4) is 0 Å². The Morgan fingerprint density at radius 3 is 1.00 bits per heavy atom. The van der Waals surface area contributed by atoms with Crippen molar-refractivity contribution in [1.82, 2.24) is 9.80 Å². The molecule has 0 N–H and O–H groups in total. The van der Waals surface area contributed by atoms with E-state index in [1.807, 2.05) is 0 Å². The van der Waals surface area contributed by atoms with E-state index in [0.29, 0.717) is 35.3 Å². The molecule has 2 heterocycles. The molecule has 2 aromatic rings. The van der Waals surface area contributed by atoms with Crippen LogP contribution in [0.4, 0.5) is 0 Å². The van der Waals surface area contributed by atoms with Gasteiger partial charge in [0.25, 0.3) is 23.6 Å². The second-order valence-corrected chi connectivity index (χ2v) is 12.5. The number of hydrogen-bond acceptors (Lipinski definition) is 4. The zero-order chi connectivity index (χ0) is 28.9. The Bertz CT molecular complexity index is 1110. The van der Waals surface area contributed by atoms with E-state index >= 15 is 0 Å². The summed E-state index contributed by atoms with van der Waals surface area (Å²) in [7, 11) is 8.88. The smallest absolute Gasteiger partial charge is 0.261 e. The molecule has 0 unspecified atom stereocenters. The lowest BCUT2D eigenvalue weighted by molar-refractivity contribution is -0.891. The molecule has 0 atom stereocenters. The number of benzene rings is 2. The summed E-state index contributed by atoms with van der Waals surface area (Å²) in [6.07, 6.45) is 6.24. The van der Waals surface area contributed by atoms with Gasteiger partial charge in [-0.05, 0) is 49.9 Å². The van der Waals surface area contributed by atoms with Crippen LogP contribution in [-0.4, -0.2) is 110 Å². The molecule has 4 amide bonds. The largest absolute Gasteiger partial charge is 1.00 e. The van der Waals surface area contributed by atoms with Crippen LogP contribution >= 0.6 is 0 Å². The highest BCUT2D eigenvalue weighted by Gasteiger charge is 2.36. The quantitative estimate of drug-likeness (QED) is 0.123. The number of imide groups is 2. The summed E-state index contributed by atoms with van der Waals surface area (Å²) in [6, 6.07) is 14.1. The van der Waals surface area contributed by atoms with Gasteiger partial charge in [-0.25, -0.2) is 0 Å². The van der Waals surface area contributed by atoms with Crippen LogP contribution in [-0.2, 0) is 0 Å². The van der Waals surface area contributed by atoms with Crippen LogP contribution in [0, 0.1) is 0 Å². The second-order valence-electron chi connectivity index (χ2n) is 12.5. The Morgan fingerprint density at radius 1 is 0.452 bits per heavy atom. The SMILES string of the molecule is C[N+](C)(CCCCCC[N+](C)(C)CCCN1C(=O)c2ccccc2C1=O)CCCN1C(=O)c2ccccc2C1=O.[Br-].[Br-]. The lowest BCUT2D eigenvalue weighted by atomic mass is 10.1. The van der Waals surface area contributed by atoms with E-state index in [2.05, 4.69) is 28.2 Å². The standard InChI is InChI=1S/C32H44N4O4.2BrH/c1-35(2,23-13-19-33-29(37)25-15-7-8-16-26(25)30(33)38)21-11-5-6-12-22-36(3,4)24-14-20-34-31(39)27-17-9-10-18-28(27)32(34)40;;/h7-10,15-18H,5-6,11-14,19-24H2,1-4H3;2*1H/q+2;;/p-2. The monoisotopic (exact) mass is 706 g/mol. The average Bonchev–Trinajstić information content (AvgIpc) is 3.31. The maximum Gasteiger partial charge on any atom is 0.261 e. The second kappa shape index (κ2) is 15.4. The van der Waals surface area contributed by atoms with Gasteiger partial charge in [0.15, 0.2) is 0 Å². The molecule has 0 aliphatic carbocycles. The zero-order valence-corrected chi connectivity index (χ0v) is 28.5. The predicted octanol–water partition coefficient (Wildman–Crippen LogP) is -1.92. The number of nitrogens with zero attached hydrogens (tertiary/aromatic N) is 4. The molecule has 0 spiro atoms. The minimum atomic E-state index is -0.171. The first-order valence-electron chi connectivity index (χ1n) is 14.6. The number of amides is 4. The van der Waals surface area contributed by atoms with E-state index in [1.165, 1.54) is 22.6 Å². The number of quaternary nitrogens is 2. The van der Waals surface area contributed by atoms with Crippen molar-refractivity contribution in [2.45, 2.75) is 38.5 Å². The van der Waals surface area contributed by atoms with Crippen molar-refractivity contribution in [1.29, 1.82) is 0 Å². The molecule has 4 rings (SSSR count). The summed E-state index contributed by atoms with van der Waals surface area (Å²) in [5, 5.41) is 0. The number of halogens is 2. The van der Waals surface area contributed by atoms with Gasteiger partial charge >= 0.3 is 0 Å². The van der Waals surface area contributed by atoms with Gasteiger partial charge in [-0.2, -0.15) is 0 Å². The number of hydrogen-bond donors (Lipinski definition) is 0. The highest BCUT2D eigenvalue weighted by atomic mass is 79.9. The molecule has 2 aliphatic heterocycles. The molecule has 0 fully saturated rings. The third-order valence-corrected chi connectivity index (χ3v) is 8.32. The van der Waals surface area contributed by atoms with Gasteiger partial charge < -0.3 is 42.9 Å². The van der Waals surface area contributed by atoms with Crippen molar-refractivity contribution in [3.63, 3.8) is 0 Å². The first-order valence-corrected chi connectivity index (χ1v) is 14.6. The Kier molecular flexibility index (Phi) is 13.1. The van der Waals surface area contributed by atoms with Crippen LogP contribution < -0.4 is 34.0 Å². The molecule has 42 heavy (non-hydrogen) atoms. The fourth-order valence-corrected chi connectivity index (χ4v) is 5.85. The summed E-state index contributed by atoms with van der Waals surface area (Å²) in [4.78, 5) is 53.0. The minimum Gasteiger partial charge on any atom is -1.00 e. The van der Waals surface area contributed by atoms with Gasteiger partial charge in [-0.3, -0.25) is 29.0 Å². The van der Waals surface area contributed by atoms with Crippen LogP contribution in [0.15, 0.2) is 48.5 Å². The molecule has 2 aromatic carbocycles. The molecular weight excluding hydrogens is 664 g/mol. The van der Waals surface area contributed by atoms with Crippen molar-refractivity contribution >= 4 is 23.6 Å². The molecule has 10 heteroatoms. The number of fused-ring (bicyclic) bond motifs is 2. The van der Waals surface area contributed by atoms with E-state index in [4.69, 9.17) is 0 Å². The minimum absolute atomic E-state index is 0. The van der Waals surface area contributed by atoms with Crippen LogP contribution in [0.1, 0.15) is 80.0 Å². The van der Waals surface area contributed by atoms with Crippen LogP contribution in [0.3, 0.4) is 0 Å². The van der Waals surface area contributed by atoms with Crippen LogP contribution in [0.25, 0.3) is 0 Å². The molecule has 0 saturated carbocycles. The first-order chi connectivity index (χ1) is 19.0. The average molecular weight is 709 g/mol. The zero-order valence-electron chi connectivity index (χ0n) is 25.3. The lowest BCUT2D eigenvalue weighted by Crippen LogP contribution is -3.00. The fraction of sp³-hybridized carbons (Fsp3) is 0.500. The van der Waals surface area contributed by atoms with E-state index in [0.717, 1.165) is 60.8 Å². The molecule has 0 saturated heterocycles. The van der Waals surface area contributed by atoms with E-state index in [1.54, 1.807) is 48.5 Å². The maximum absolute atomic E-state index is 12.6. The third kappa shape index (κ3) is 8.58. The highest BCUT2D eigenvalue weighted by Crippen LogP contribution is 2.24. The molecule has 8 nitrogen and oxygen atoms in total.